The zero-order chi connectivity index (χ0) is 20.5. The standard InChI is InChI=1S/C22H29N3O4/c1-21(2,20(27)25-11-8-22(9-12-25)28-13-14-29-22)19(26)23-10-7-16-15-24-18-6-4-3-5-17(16)18/h3-6,15,24H,7-14H2,1-2H3,(H,23,26). The number of nitrogens with one attached hydrogen (secondary N) is 2. The maximum Gasteiger partial charge on any atom is 0.237 e. The van der Waals surface area contributed by atoms with E-state index < -0.39 is 11.2 Å². The first-order valence-corrected chi connectivity index (χ1v) is 10.3. The SMILES string of the molecule is CC(C)(C(=O)NCCc1c[nH]c2ccccc12)C(=O)N1CCC2(CC1)OCCO2. The highest BCUT2D eigenvalue weighted by Crippen LogP contribution is 2.33. The number of hydrogen-bond donors (Lipinski definition) is 2. The van der Waals surface area contributed by atoms with E-state index in [0.717, 1.165) is 16.5 Å². The number of rotatable bonds is 5. The molecule has 3 heterocycles. The quantitative estimate of drug-likeness (QED) is 0.755. The molecular weight excluding hydrogens is 370 g/mol. The lowest BCUT2D eigenvalue weighted by Crippen LogP contribution is -2.54. The molecule has 7 nitrogen and oxygen atoms in total. The highest BCUT2D eigenvalue weighted by molar-refractivity contribution is 6.04. The molecule has 29 heavy (non-hydrogen) atoms. The molecule has 2 N–H and O–H groups in total. The van der Waals surface area contributed by atoms with Crippen LogP contribution < -0.4 is 5.32 Å². The number of aromatic amines is 1. The van der Waals surface area contributed by atoms with Crippen molar-refractivity contribution < 1.29 is 19.1 Å². The first-order chi connectivity index (χ1) is 13.9. The third-order valence-corrected chi connectivity index (χ3v) is 6.08. The molecule has 2 fully saturated rings. The van der Waals surface area contributed by atoms with Gasteiger partial charge in [0.25, 0.3) is 0 Å². The van der Waals surface area contributed by atoms with E-state index in [1.807, 2.05) is 24.4 Å². The van der Waals surface area contributed by atoms with Gasteiger partial charge in [-0.15, -0.1) is 0 Å². The third kappa shape index (κ3) is 3.89. The molecule has 0 saturated carbocycles. The average Bonchev–Trinajstić information content (AvgIpc) is 3.35. The third-order valence-electron chi connectivity index (χ3n) is 6.08. The van der Waals surface area contributed by atoms with E-state index in [9.17, 15) is 9.59 Å². The highest BCUT2D eigenvalue weighted by Gasteiger charge is 2.45. The summed E-state index contributed by atoms with van der Waals surface area (Å²) in [4.78, 5) is 30.8. The van der Waals surface area contributed by atoms with Crippen molar-refractivity contribution >= 4 is 22.7 Å². The molecule has 7 heteroatoms. The summed E-state index contributed by atoms with van der Waals surface area (Å²) in [5, 5.41) is 4.11. The average molecular weight is 399 g/mol. The molecule has 0 bridgehead atoms. The number of ether oxygens (including phenoxy) is 2. The van der Waals surface area contributed by atoms with Gasteiger partial charge in [0.1, 0.15) is 5.41 Å². The predicted octanol–water partition coefficient (Wildman–Crippen LogP) is 2.22. The number of hydrogen-bond acceptors (Lipinski definition) is 4. The number of likely N-dealkylation sites (tertiary alicyclic amines) is 1. The van der Waals surface area contributed by atoms with Crippen LogP contribution in [-0.2, 0) is 25.5 Å². The van der Waals surface area contributed by atoms with Gasteiger partial charge >= 0.3 is 0 Å². The van der Waals surface area contributed by atoms with E-state index in [1.165, 1.54) is 0 Å². The molecular formula is C22H29N3O4. The number of aromatic nitrogens is 1. The lowest BCUT2D eigenvalue weighted by atomic mass is 9.89. The summed E-state index contributed by atoms with van der Waals surface area (Å²) in [6.45, 7) is 6.20. The van der Waals surface area contributed by atoms with Crippen LogP contribution in [0.25, 0.3) is 10.9 Å². The van der Waals surface area contributed by atoms with Crippen molar-refractivity contribution in [1.82, 2.24) is 15.2 Å². The van der Waals surface area contributed by atoms with Crippen molar-refractivity contribution in [3.8, 4) is 0 Å². The molecule has 4 rings (SSSR count). The summed E-state index contributed by atoms with van der Waals surface area (Å²) >= 11 is 0. The Kier molecular flexibility index (Phi) is 5.36. The van der Waals surface area contributed by atoms with Crippen molar-refractivity contribution in [1.29, 1.82) is 0 Å². The molecule has 2 amide bonds. The van der Waals surface area contributed by atoms with E-state index in [0.29, 0.717) is 52.1 Å². The van der Waals surface area contributed by atoms with E-state index in [-0.39, 0.29) is 11.8 Å². The minimum absolute atomic E-state index is 0.144. The maximum absolute atomic E-state index is 13.0. The lowest BCUT2D eigenvalue weighted by molar-refractivity contribution is -0.189. The molecule has 1 aromatic heterocycles. The normalized spacial score (nSPS) is 19.0. The fourth-order valence-electron chi connectivity index (χ4n) is 4.20. The Hall–Kier alpha value is -2.38. The number of amides is 2. The number of benzene rings is 1. The van der Waals surface area contributed by atoms with E-state index in [2.05, 4.69) is 16.4 Å². The van der Waals surface area contributed by atoms with Crippen molar-refractivity contribution in [2.45, 2.75) is 38.9 Å². The van der Waals surface area contributed by atoms with Crippen molar-refractivity contribution in [2.24, 2.45) is 5.41 Å². The summed E-state index contributed by atoms with van der Waals surface area (Å²) in [6, 6.07) is 8.09. The smallest absolute Gasteiger partial charge is 0.237 e. The van der Waals surface area contributed by atoms with Crippen molar-refractivity contribution in [3.05, 3.63) is 36.0 Å². The Balaban J connectivity index is 1.30. The van der Waals surface area contributed by atoms with Gasteiger partial charge in [0.2, 0.25) is 11.8 Å². The molecule has 2 aliphatic rings. The van der Waals surface area contributed by atoms with Gasteiger partial charge in [-0.2, -0.15) is 0 Å². The molecule has 2 saturated heterocycles. The van der Waals surface area contributed by atoms with Gasteiger partial charge in [-0.1, -0.05) is 18.2 Å². The molecule has 1 aromatic carbocycles. The number of fused-ring (bicyclic) bond motifs is 1. The Morgan fingerprint density at radius 1 is 1.17 bits per heavy atom. The van der Waals surface area contributed by atoms with Crippen LogP contribution in [0.2, 0.25) is 0 Å². The molecule has 2 aliphatic heterocycles. The molecule has 0 atom stereocenters. The van der Waals surface area contributed by atoms with Crippen LogP contribution in [0.1, 0.15) is 32.3 Å². The topological polar surface area (TPSA) is 83.7 Å². The predicted molar refractivity (Wildman–Crippen MR) is 109 cm³/mol. The number of para-hydroxylation sites is 1. The van der Waals surface area contributed by atoms with Crippen LogP contribution in [-0.4, -0.2) is 60.3 Å². The van der Waals surface area contributed by atoms with Gasteiger partial charge in [-0.05, 0) is 31.9 Å². The first-order valence-electron chi connectivity index (χ1n) is 10.3. The summed E-state index contributed by atoms with van der Waals surface area (Å²) in [5.41, 5.74) is 1.13. The van der Waals surface area contributed by atoms with Crippen molar-refractivity contribution in [2.75, 3.05) is 32.8 Å². The second-order valence-corrected chi connectivity index (χ2v) is 8.39. The maximum atomic E-state index is 13.0. The van der Waals surface area contributed by atoms with E-state index in [1.54, 1.807) is 18.7 Å². The fraction of sp³-hybridized carbons (Fsp3) is 0.545. The van der Waals surface area contributed by atoms with E-state index >= 15 is 0 Å². The zero-order valence-corrected chi connectivity index (χ0v) is 17.1. The first kappa shape index (κ1) is 19.9. The second-order valence-electron chi connectivity index (χ2n) is 8.39. The molecule has 2 aromatic rings. The Labute approximate surface area is 170 Å². The minimum atomic E-state index is -1.11. The monoisotopic (exact) mass is 399 g/mol. The Morgan fingerprint density at radius 3 is 2.59 bits per heavy atom. The van der Waals surface area contributed by atoms with Crippen LogP contribution in [0.4, 0.5) is 0 Å². The van der Waals surface area contributed by atoms with Crippen LogP contribution in [0, 0.1) is 5.41 Å². The van der Waals surface area contributed by atoms with Crippen LogP contribution in [0.15, 0.2) is 30.5 Å². The Bertz CT molecular complexity index is 888. The second kappa shape index (κ2) is 7.80. The van der Waals surface area contributed by atoms with Gasteiger partial charge in [0, 0.05) is 49.6 Å². The van der Waals surface area contributed by atoms with Crippen LogP contribution in [0.5, 0.6) is 0 Å². The number of carbonyl (C=O) groups excluding carboxylic acids is 2. The van der Waals surface area contributed by atoms with Gasteiger partial charge in [-0.3, -0.25) is 9.59 Å². The summed E-state index contributed by atoms with van der Waals surface area (Å²) in [5.74, 6) is -0.909. The largest absolute Gasteiger partial charge is 0.361 e. The van der Waals surface area contributed by atoms with Gasteiger partial charge in [0.05, 0.1) is 13.2 Å². The van der Waals surface area contributed by atoms with Crippen LogP contribution in [0.3, 0.4) is 0 Å². The number of nitrogens with zero attached hydrogens (tertiary/aromatic N) is 1. The summed E-state index contributed by atoms with van der Waals surface area (Å²) in [7, 11) is 0. The molecule has 0 aliphatic carbocycles. The van der Waals surface area contributed by atoms with Gasteiger partial charge < -0.3 is 24.7 Å². The number of carbonyl (C=O) groups is 2. The van der Waals surface area contributed by atoms with Gasteiger partial charge in [-0.25, -0.2) is 0 Å². The molecule has 0 unspecified atom stereocenters. The van der Waals surface area contributed by atoms with E-state index in [4.69, 9.17) is 9.47 Å². The summed E-state index contributed by atoms with van der Waals surface area (Å²) in [6.07, 6.45) is 3.98. The molecule has 156 valence electrons. The zero-order valence-electron chi connectivity index (χ0n) is 17.1. The van der Waals surface area contributed by atoms with Crippen molar-refractivity contribution in [3.63, 3.8) is 0 Å². The molecule has 1 spiro atoms. The van der Waals surface area contributed by atoms with Gasteiger partial charge in [0.15, 0.2) is 5.79 Å². The molecule has 0 radical (unpaired) electrons. The fourth-order valence-corrected chi connectivity index (χ4v) is 4.20. The lowest BCUT2D eigenvalue weighted by Gasteiger charge is -2.40. The number of piperidine rings is 1. The summed E-state index contributed by atoms with van der Waals surface area (Å²) < 4.78 is 11.4. The minimum Gasteiger partial charge on any atom is -0.361 e. The Morgan fingerprint density at radius 2 is 1.86 bits per heavy atom. The van der Waals surface area contributed by atoms with Crippen LogP contribution >= 0.6 is 0 Å². The number of H-pyrrole nitrogens is 1. The highest BCUT2D eigenvalue weighted by atomic mass is 16.7.